The number of nitrogens with zero attached hydrogens (tertiary/aromatic N) is 2. The van der Waals surface area contributed by atoms with Gasteiger partial charge in [0, 0.05) is 32.7 Å². The highest BCUT2D eigenvalue weighted by atomic mass is 32.2. The van der Waals surface area contributed by atoms with Crippen LogP contribution in [0, 0.1) is 0 Å². The van der Waals surface area contributed by atoms with Crippen molar-refractivity contribution >= 4 is 16.1 Å². The molecule has 24 heavy (non-hydrogen) atoms. The summed E-state index contributed by atoms with van der Waals surface area (Å²) in [6.07, 6.45) is -0.410. The number of hydrogen-bond acceptors (Lipinski definition) is 5. The largest absolute Gasteiger partial charge is 0.444 e. The number of benzene rings is 1. The van der Waals surface area contributed by atoms with Crippen LogP contribution in [0.25, 0.3) is 0 Å². The molecule has 1 aromatic carbocycles. The lowest BCUT2D eigenvalue weighted by Crippen LogP contribution is -2.51. The Kier molecular flexibility index (Phi) is 5.52. The molecule has 0 aromatic heterocycles. The number of amides is 1. The summed E-state index contributed by atoms with van der Waals surface area (Å²) in [4.78, 5) is 13.8. The lowest BCUT2D eigenvalue weighted by molar-refractivity contribution is 0.0192. The van der Waals surface area contributed by atoms with E-state index in [0.29, 0.717) is 19.6 Å². The molecule has 1 fully saturated rings. The summed E-state index contributed by atoms with van der Waals surface area (Å²) < 4.78 is 32.0. The maximum Gasteiger partial charge on any atom is 0.410 e. The molecule has 7 nitrogen and oxygen atoms in total. The fourth-order valence-corrected chi connectivity index (χ4v) is 3.81. The molecule has 1 aliphatic rings. The number of nitrogens with two attached hydrogens (primary N) is 1. The maximum absolute atomic E-state index is 12.7. The van der Waals surface area contributed by atoms with Gasteiger partial charge in [-0.05, 0) is 38.5 Å². The van der Waals surface area contributed by atoms with E-state index in [2.05, 4.69) is 0 Å². The summed E-state index contributed by atoms with van der Waals surface area (Å²) >= 11 is 0. The monoisotopic (exact) mass is 355 g/mol. The van der Waals surface area contributed by atoms with E-state index < -0.39 is 21.7 Å². The average molecular weight is 355 g/mol. The molecule has 1 aliphatic heterocycles. The second-order valence-electron chi connectivity index (χ2n) is 6.72. The first kappa shape index (κ1) is 18.7. The number of ether oxygens (including phenoxy) is 1. The molecule has 134 valence electrons. The van der Waals surface area contributed by atoms with Gasteiger partial charge in [-0.3, -0.25) is 0 Å². The van der Waals surface area contributed by atoms with E-state index >= 15 is 0 Å². The van der Waals surface area contributed by atoms with Gasteiger partial charge in [0.1, 0.15) is 5.60 Å². The van der Waals surface area contributed by atoms with Crippen LogP contribution in [0.15, 0.2) is 29.2 Å². The first-order chi connectivity index (χ1) is 11.1. The van der Waals surface area contributed by atoms with Gasteiger partial charge in [0.15, 0.2) is 0 Å². The Bertz CT molecular complexity index is 672. The second-order valence-corrected chi connectivity index (χ2v) is 8.66. The zero-order valence-corrected chi connectivity index (χ0v) is 15.2. The maximum atomic E-state index is 12.7. The molecule has 0 bridgehead atoms. The van der Waals surface area contributed by atoms with Crippen molar-refractivity contribution < 1.29 is 17.9 Å². The summed E-state index contributed by atoms with van der Waals surface area (Å²) in [6, 6.07) is 6.56. The van der Waals surface area contributed by atoms with E-state index in [0.717, 1.165) is 5.56 Å². The standard InChI is InChI=1S/C16H25N3O4S/c1-16(2,3)23-15(20)18-8-10-19(11-9-18)24(21,22)14-6-4-13(12-17)5-7-14/h4-7H,8-12,17H2,1-3H3. The van der Waals surface area contributed by atoms with E-state index in [9.17, 15) is 13.2 Å². The highest BCUT2D eigenvalue weighted by molar-refractivity contribution is 7.89. The van der Waals surface area contributed by atoms with Crippen molar-refractivity contribution in [1.82, 2.24) is 9.21 Å². The smallest absolute Gasteiger partial charge is 0.410 e. The van der Waals surface area contributed by atoms with E-state index in [-0.39, 0.29) is 18.0 Å². The summed E-state index contributed by atoms with van der Waals surface area (Å²) in [5, 5.41) is 0. The van der Waals surface area contributed by atoms with Gasteiger partial charge in [0.05, 0.1) is 4.90 Å². The van der Waals surface area contributed by atoms with Crippen LogP contribution in [0.4, 0.5) is 4.79 Å². The van der Waals surface area contributed by atoms with E-state index in [1.54, 1.807) is 45.0 Å². The summed E-state index contributed by atoms with van der Waals surface area (Å²) in [7, 11) is -3.56. The van der Waals surface area contributed by atoms with Crippen LogP contribution in [0.2, 0.25) is 0 Å². The van der Waals surface area contributed by atoms with Crippen molar-refractivity contribution in [1.29, 1.82) is 0 Å². The molecule has 2 rings (SSSR count). The lowest BCUT2D eigenvalue weighted by Gasteiger charge is -2.35. The fourth-order valence-electron chi connectivity index (χ4n) is 2.38. The molecule has 1 amide bonds. The molecule has 0 saturated carbocycles. The van der Waals surface area contributed by atoms with Crippen LogP contribution in [0.5, 0.6) is 0 Å². The second kappa shape index (κ2) is 7.08. The minimum Gasteiger partial charge on any atom is -0.444 e. The highest BCUT2D eigenvalue weighted by Gasteiger charge is 2.31. The molecule has 0 radical (unpaired) electrons. The van der Waals surface area contributed by atoms with E-state index in [1.807, 2.05) is 0 Å². The number of carbonyl (C=O) groups is 1. The van der Waals surface area contributed by atoms with Crippen LogP contribution in [-0.4, -0.2) is 55.5 Å². The summed E-state index contributed by atoms with van der Waals surface area (Å²) in [5.74, 6) is 0. The van der Waals surface area contributed by atoms with E-state index in [4.69, 9.17) is 10.5 Å². The van der Waals surface area contributed by atoms with E-state index in [1.165, 1.54) is 9.21 Å². The van der Waals surface area contributed by atoms with Crippen molar-refractivity contribution in [2.45, 2.75) is 37.8 Å². The first-order valence-corrected chi connectivity index (χ1v) is 9.34. The molecule has 1 aromatic rings. The van der Waals surface area contributed by atoms with Gasteiger partial charge in [0.25, 0.3) is 0 Å². The zero-order valence-electron chi connectivity index (χ0n) is 14.4. The molecule has 2 N–H and O–H groups in total. The Morgan fingerprint density at radius 2 is 1.67 bits per heavy atom. The minimum absolute atomic E-state index is 0.241. The molecule has 0 atom stereocenters. The van der Waals surface area contributed by atoms with Crippen molar-refractivity contribution in [2.24, 2.45) is 5.73 Å². The molecule has 0 aliphatic carbocycles. The van der Waals surface area contributed by atoms with Crippen LogP contribution in [-0.2, 0) is 21.3 Å². The number of carbonyl (C=O) groups excluding carboxylic acids is 1. The van der Waals surface area contributed by atoms with Gasteiger partial charge >= 0.3 is 6.09 Å². The zero-order chi connectivity index (χ0) is 18.0. The van der Waals surface area contributed by atoms with Crippen molar-refractivity contribution in [2.75, 3.05) is 26.2 Å². The Morgan fingerprint density at radius 3 is 2.12 bits per heavy atom. The van der Waals surface area contributed by atoms with Gasteiger partial charge in [-0.15, -0.1) is 0 Å². The number of piperazine rings is 1. The third-order valence-corrected chi connectivity index (χ3v) is 5.60. The molecular weight excluding hydrogens is 330 g/mol. The number of sulfonamides is 1. The predicted molar refractivity (Wildman–Crippen MR) is 90.9 cm³/mol. The Labute approximate surface area is 143 Å². The summed E-state index contributed by atoms with van der Waals surface area (Å²) in [6.45, 7) is 6.91. The third kappa shape index (κ3) is 4.46. The van der Waals surface area contributed by atoms with Crippen molar-refractivity contribution in [3.63, 3.8) is 0 Å². The molecular formula is C16H25N3O4S. The predicted octanol–water partition coefficient (Wildman–Crippen LogP) is 1.39. The number of hydrogen-bond donors (Lipinski definition) is 1. The Morgan fingerprint density at radius 1 is 1.12 bits per heavy atom. The fraction of sp³-hybridized carbons (Fsp3) is 0.562. The Balaban J connectivity index is 2.01. The first-order valence-electron chi connectivity index (χ1n) is 7.90. The van der Waals surface area contributed by atoms with Gasteiger partial charge in [-0.25, -0.2) is 13.2 Å². The SMILES string of the molecule is CC(C)(C)OC(=O)N1CCN(S(=O)(=O)c2ccc(CN)cc2)CC1. The lowest BCUT2D eigenvalue weighted by atomic mass is 10.2. The van der Waals surface area contributed by atoms with Crippen LogP contribution in [0.1, 0.15) is 26.3 Å². The topological polar surface area (TPSA) is 92.9 Å². The average Bonchev–Trinajstić information content (AvgIpc) is 2.53. The molecule has 8 heteroatoms. The molecule has 1 heterocycles. The van der Waals surface area contributed by atoms with Gasteiger partial charge in [0.2, 0.25) is 10.0 Å². The van der Waals surface area contributed by atoms with Gasteiger partial charge in [-0.1, -0.05) is 12.1 Å². The molecule has 1 saturated heterocycles. The third-order valence-electron chi connectivity index (χ3n) is 3.69. The quantitative estimate of drug-likeness (QED) is 0.884. The Hall–Kier alpha value is -1.64. The van der Waals surface area contributed by atoms with Crippen LogP contribution < -0.4 is 5.73 Å². The van der Waals surface area contributed by atoms with Crippen molar-refractivity contribution in [3.05, 3.63) is 29.8 Å². The molecule has 0 spiro atoms. The highest BCUT2D eigenvalue weighted by Crippen LogP contribution is 2.19. The van der Waals surface area contributed by atoms with Gasteiger partial charge in [-0.2, -0.15) is 4.31 Å². The minimum atomic E-state index is -3.56. The van der Waals surface area contributed by atoms with Gasteiger partial charge < -0.3 is 15.4 Å². The number of rotatable bonds is 3. The molecule has 0 unspecified atom stereocenters. The normalized spacial score (nSPS) is 16.9. The van der Waals surface area contributed by atoms with Crippen molar-refractivity contribution in [3.8, 4) is 0 Å². The summed E-state index contributed by atoms with van der Waals surface area (Å²) in [5.41, 5.74) is 5.84. The van der Waals surface area contributed by atoms with Crippen LogP contribution >= 0.6 is 0 Å². The van der Waals surface area contributed by atoms with Crippen LogP contribution in [0.3, 0.4) is 0 Å².